The summed E-state index contributed by atoms with van der Waals surface area (Å²) < 4.78 is 10.8. The van der Waals surface area contributed by atoms with E-state index in [-0.39, 0.29) is 18.1 Å². The summed E-state index contributed by atoms with van der Waals surface area (Å²) in [5, 5.41) is 3.00. The second-order valence-electron chi connectivity index (χ2n) is 4.84. The lowest BCUT2D eigenvalue weighted by Crippen LogP contribution is -2.50. The van der Waals surface area contributed by atoms with Crippen molar-refractivity contribution in [1.29, 1.82) is 0 Å². The van der Waals surface area contributed by atoms with Gasteiger partial charge in [-0.05, 0) is 30.4 Å². The molecule has 20 heavy (non-hydrogen) atoms. The van der Waals surface area contributed by atoms with Crippen LogP contribution in [0.25, 0.3) is 0 Å². The molecule has 4 nitrogen and oxygen atoms in total. The van der Waals surface area contributed by atoms with Crippen LogP contribution in [-0.4, -0.2) is 44.6 Å². The highest BCUT2D eigenvalue weighted by molar-refractivity contribution is 7.98. The molecule has 0 saturated carbocycles. The topological polar surface area (TPSA) is 47.6 Å². The maximum absolute atomic E-state index is 12.1. The lowest BCUT2D eigenvalue weighted by molar-refractivity contribution is -0.124. The zero-order chi connectivity index (χ0) is 14.4. The van der Waals surface area contributed by atoms with Gasteiger partial charge < -0.3 is 14.8 Å². The van der Waals surface area contributed by atoms with Crippen LogP contribution in [0.5, 0.6) is 0 Å². The summed E-state index contributed by atoms with van der Waals surface area (Å²) in [6, 6.07) is 8.02. The van der Waals surface area contributed by atoms with E-state index >= 15 is 0 Å². The molecule has 1 saturated heterocycles. The van der Waals surface area contributed by atoms with Gasteiger partial charge in [-0.25, -0.2) is 0 Å². The van der Waals surface area contributed by atoms with Crippen molar-refractivity contribution < 1.29 is 14.3 Å². The maximum Gasteiger partial charge on any atom is 0.224 e. The highest BCUT2D eigenvalue weighted by Gasteiger charge is 2.26. The van der Waals surface area contributed by atoms with Crippen LogP contribution in [0.4, 0.5) is 0 Å². The molecule has 1 aromatic carbocycles. The van der Waals surface area contributed by atoms with Crippen molar-refractivity contribution in [3.63, 3.8) is 0 Å². The van der Waals surface area contributed by atoms with Crippen molar-refractivity contribution in [2.75, 3.05) is 26.6 Å². The Morgan fingerprint density at radius 3 is 2.85 bits per heavy atom. The van der Waals surface area contributed by atoms with Crippen molar-refractivity contribution in [2.24, 2.45) is 0 Å². The van der Waals surface area contributed by atoms with Crippen molar-refractivity contribution >= 4 is 17.7 Å². The minimum absolute atomic E-state index is 0.0134. The van der Waals surface area contributed by atoms with Gasteiger partial charge in [0.1, 0.15) is 0 Å². The van der Waals surface area contributed by atoms with Crippen LogP contribution < -0.4 is 5.32 Å². The van der Waals surface area contributed by atoms with E-state index in [4.69, 9.17) is 9.47 Å². The Morgan fingerprint density at radius 1 is 1.45 bits per heavy atom. The second-order valence-corrected chi connectivity index (χ2v) is 5.72. The van der Waals surface area contributed by atoms with E-state index in [1.165, 1.54) is 4.90 Å². The fourth-order valence-corrected chi connectivity index (χ4v) is 2.73. The fraction of sp³-hybridized carbons (Fsp3) is 0.533. The molecule has 2 atom stereocenters. The van der Waals surface area contributed by atoms with Crippen LogP contribution in [0.1, 0.15) is 12.0 Å². The van der Waals surface area contributed by atoms with Crippen molar-refractivity contribution in [2.45, 2.75) is 29.9 Å². The molecule has 1 N–H and O–H groups in total. The Balaban J connectivity index is 1.87. The lowest BCUT2D eigenvalue weighted by Gasteiger charge is -2.31. The summed E-state index contributed by atoms with van der Waals surface area (Å²) in [7, 11) is 1.68. The first kappa shape index (κ1) is 15.4. The quantitative estimate of drug-likeness (QED) is 0.843. The first-order chi connectivity index (χ1) is 9.72. The number of rotatable bonds is 5. The number of carbonyl (C=O) groups is 1. The fourth-order valence-electron chi connectivity index (χ4n) is 2.32. The van der Waals surface area contributed by atoms with E-state index < -0.39 is 0 Å². The van der Waals surface area contributed by atoms with Crippen LogP contribution >= 0.6 is 11.8 Å². The van der Waals surface area contributed by atoms with Gasteiger partial charge in [0.15, 0.2) is 0 Å². The van der Waals surface area contributed by atoms with Gasteiger partial charge in [0.05, 0.1) is 25.2 Å². The van der Waals surface area contributed by atoms with Crippen LogP contribution in [-0.2, 0) is 20.7 Å². The highest BCUT2D eigenvalue weighted by Crippen LogP contribution is 2.15. The number of thioether (sulfide) groups is 1. The number of amides is 1. The predicted molar refractivity (Wildman–Crippen MR) is 80.1 cm³/mol. The van der Waals surface area contributed by atoms with Crippen LogP contribution in [0.15, 0.2) is 29.2 Å². The summed E-state index contributed by atoms with van der Waals surface area (Å²) in [5.41, 5.74) is 1.02. The smallest absolute Gasteiger partial charge is 0.224 e. The molecule has 1 aliphatic heterocycles. The Morgan fingerprint density at radius 2 is 2.20 bits per heavy atom. The Hall–Kier alpha value is -1.04. The van der Waals surface area contributed by atoms with Gasteiger partial charge in [-0.3, -0.25) is 4.79 Å². The molecule has 1 amide bonds. The molecular weight excluding hydrogens is 274 g/mol. The SMILES string of the molecule is CO[C@@H]1CCOC[C@H]1NC(=O)Cc1ccc(SC)cc1. The molecule has 0 radical (unpaired) electrons. The highest BCUT2D eigenvalue weighted by atomic mass is 32.2. The standard InChI is InChI=1S/C15H21NO3S/c1-18-14-7-8-19-10-13(14)16-15(17)9-11-3-5-12(20-2)6-4-11/h3-6,13-14H,7-10H2,1-2H3,(H,16,17)/t13-,14-/m1/s1. The summed E-state index contributed by atoms with van der Waals surface area (Å²) in [5.74, 6) is 0.0134. The van der Waals surface area contributed by atoms with E-state index in [2.05, 4.69) is 5.32 Å². The van der Waals surface area contributed by atoms with Crippen LogP contribution in [0.2, 0.25) is 0 Å². The summed E-state index contributed by atoms with van der Waals surface area (Å²) in [4.78, 5) is 13.3. The molecule has 0 bridgehead atoms. The molecule has 0 aliphatic carbocycles. The molecule has 1 aromatic rings. The van der Waals surface area contributed by atoms with Crippen molar-refractivity contribution in [1.82, 2.24) is 5.32 Å². The Labute approximate surface area is 124 Å². The first-order valence-corrected chi connectivity index (χ1v) is 7.98. The number of ether oxygens (including phenoxy) is 2. The second kappa shape index (κ2) is 7.67. The molecule has 1 fully saturated rings. The third kappa shape index (κ3) is 4.23. The summed E-state index contributed by atoms with van der Waals surface area (Å²) >= 11 is 1.69. The zero-order valence-electron chi connectivity index (χ0n) is 11.9. The molecular formula is C15H21NO3S. The number of carbonyl (C=O) groups excluding carboxylic acids is 1. The monoisotopic (exact) mass is 295 g/mol. The molecule has 110 valence electrons. The molecule has 0 spiro atoms. The van der Waals surface area contributed by atoms with Crippen LogP contribution in [0.3, 0.4) is 0 Å². The summed E-state index contributed by atoms with van der Waals surface area (Å²) in [6.45, 7) is 1.22. The van der Waals surface area contributed by atoms with Crippen LogP contribution in [0, 0.1) is 0 Å². The average molecular weight is 295 g/mol. The van der Waals surface area contributed by atoms with Gasteiger partial charge in [-0.2, -0.15) is 0 Å². The number of hydrogen-bond donors (Lipinski definition) is 1. The third-order valence-electron chi connectivity index (χ3n) is 3.47. The zero-order valence-corrected chi connectivity index (χ0v) is 12.7. The first-order valence-electron chi connectivity index (χ1n) is 6.75. The van der Waals surface area contributed by atoms with E-state index in [0.717, 1.165) is 12.0 Å². The largest absolute Gasteiger partial charge is 0.379 e. The normalized spacial score (nSPS) is 22.5. The molecule has 0 unspecified atom stereocenters. The number of nitrogens with one attached hydrogen (secondary N) is 1. The summed E-state index contributed by atoms with van der Waals surface area (Å²) in [6.07, 6.45) is 3.30. The molecule has 5 heteroatoms. The Kier molecular flexibility index (Phi) is 5.88. The predicted octanol–water partition coefficient (Wildman–Crippen LogP) is 1.87. The number of hydrogen-bond acceptors (Lipinski definition) is 4. The van der Waals surface area contributed by atoms with Gasteiger partial charge in [-0.1, -0.05) is 12.1 Å². The van der Waals surface area contributed by atoms with Gasteiger partial charge >= 0.3 is 0 Å². The average Bonchev–Trinajstić information content (AvgIpc) is 2.48. The minimum atomic E-state index is -0.0493. The number of methoxy groups -OCH3 is 1. The van der Waals surface area contributed by atoms with Gasteiger partial charge in [0.25, 0.3) is 0 Å². The van der Waals surface area contributed by atoms with Crippen molar-refractivity contribution in [3.8, 4) is 0 Å². The Bertz CT molecular complexity index is 435. The molecule has 1 heterocycles. The maximum atomic E-state index is 12.1. The molecule has 2 rings (SSSR count). The molecule has 0 aromatic heterocycles. The van der Waals surface area contributed by atoms with E-state index in [0.29, 0.717) is 19.6 Å². The third-order valence-corrected chi connectivity index (χ3v) is 4.21. The molecule has 1 aliphatic rings. The van der Waals surface area contributed by atoms with E-state index in [1.54, 1.807) is 18.9 Å². The van der Waals surface area contributed by atoms with Gasteiger partial charge in [-0.15, -0.1) is 11.8 Å². The lowest BCUT2D eigenvalue weighted by atomic mass is 10.1. The van der Waals surface area contributed by atoms with Gasteiger partial charge in [0.2, 0.25) is 5.91 Å². The van der Waals surface area contributed by atoms with E-state index in [1.807, 2.05) is 30.5 Å². The number of benzene rings is 1. The minimum Gasteiger partial charge on any atom is -0.379 e. The van der Waals surface area contributed by atoms with E-state index in [9.17, 15) is 4.79 Å². The van der Waals surface area contributed by atoms with Crippen molar-refractivity contribution in [3.05, 3.63) is 29.8 Å². The van der Waals surface area contributed by atoms with Gasteiger partial charge in [0, 0.05) is 18.6 Å².